The molecular weight excluding hydrogens is 791 g/mol. The Morgan fingerprint density at radius 3 is 2.39 bits per heavy atom. The van der Waals surface area contributed by atoms with Crippen LogP contribution in [0.4, 0.5) is 10.5 Å². The van der Waals surface area contributed by atoms with Crippen LogP contribution < -0.4 is 30.7 Å². The van der Waals surface area contributed by atoms with Crippen molar-refractivity contribution >= 4 is 41.3 Å². The van der Waals surface area contributed by atoms with E-state index in [1.165, 1.54) is 21.6 Å². The molecule has 10 atom stereocenters. The maximum absolute atomic E-state index is 14.9. The molecule has 61 heavy (non-hydrogen) atoms. The van der Waals surface area contributed by atoms with Crippen LogP contribution in [0.1, 0.15) is 64.0 Å². The first-order valence-electron chi connectivity index (χ1n) is 21.2. The van der Waals surface area contributed by atoms with Crippen molar-refractivity contribution in [3.8, 4) is 11.5 Å². The zero-order valence-electron chi connectivity index (χ0n) is 35.0. The number of benzene rings is 2. The lowest BCUT2D eigenvalue weighted by Crippen LogP contribution is -2.64. The minimum absolute atomic E-state index is 0.00260. The number of aliphatic hydroxyl groups is 2. The highest BCUT2D eigenvalue weighted by Gasteiger charge is 2.49. The van der Waals surface area contributed by atoms with Crippen molar-refractivity contribution in [2.75, 3.05) is 38.2 Å². The second-order valence-electron chi connectivity index (χ2n) is 17.0. The van der Waals surface area contributed by atoms with Gasteiger partial charge in [-0.3, -0.25) is 24.5 Å². The monoisotopic (exact) mass is 847 g/mol. The number of carbonyl (C=O) groups excluding carboxylic acids is 6. The van der Waals surface area contributed by atoms with Gasteiger partial charge in [0.05, 0.1) is 18.2 Å². The van der Waals surface area contributed by atoms with E-state index in [0.717, 1.165) is 5.56 Å². The van der Waals surface area contributed by atoms with E-state index >= 15 is 0 Å². The van der Waals surface area contributed by atoms with Crippen LogP contribution in [0.3, 0.4) is 0 Å². The fourth-order valence-corrected chi connectivity index (χ4v) is 9.12. The summed E-state index contributed by atoms with van der Waals surface area (Å²) in [7, 11) is 0. The predicted molar refractivity (Wildman–Crippen MR) is 219 cm³/mol. The number of nitrogens with zero attached hydrogens (tertiary/aromatic N) is 3. The molecule has 5 aliphatic heterocycles. The Bertz CT molecular complexity index is 2000. The van der Waals surface area contributed by atoms with E-state index in [2.05, 4.69) is 21.3 Å². The largest absolute Gasteiger partial charge is 0.486 e. The smallest absolute Gasteiger partial charge is 0.329 e. The summed E-state index contributed by atoms with van der Waals surface area (Å²) >= 11 is 0. The molecule has 4 saturated heterocycles. The third-order valence-corrected chi connectivity index (χ3v) is 12.2. The van der Waals surface area contributed by atoms with Crippen molar-refractivity contribution < 1.29 is 53.2 Å². The highest BCUT2D eigenvalue weighted by atomic mass is 16.6. The molecule has 5 aliphatic rings. The molecule has 2 aromatic rings. The number of aliphatic hydroxyl groups excluding tert-OH is 2. The van der Waals surface area contributed by atoms with Gasteiger partial charge in [0.1, 0.15) is 49.7 Å². The number of hydrogen-bond acceptors (Lipinski definition) is 12. The highest BCUT2D eigenvalue weighted by molar-refractivity contribution is 5.97. The van der Waals surface area contributed by atoms with Gasteiger partial charge in [-0.2, -0.15) is 0 Å². The molecule has 4 fully saturated rings. The number of anilines is 1. The number of cyclic esters (lactones) is 1. The van der Waals surface area contributed by atoms with Crippen molar-refractivity contribution in [3.63, 3.8) is 0 Å². The molecule has 0 aromatic heterocycles. The van der Waals surface area contributed by atoms with Gasteiger partial charge in [-0.25, -0.2) is 9.59 Å². The summed E-state index contributed by atoms with van der Waals surface area (Å²) in [5.74, 6) is -2.42. The van der Waals surface area contributed by atoms with Gasteiger partial charge < -0.3 is 55.1 Å². The van der Waals surface area contributed by atoms with Gasteiger partial charge in [0.15, 0.2) is 11.5 Å². The van der Waals surface area contributed by atoms with Crippen molar-refractivity contribution in [2.45, 2.75) is 121 Å². The van der Waals surface area contributed by atoms with E-state index in [1.807, 2.05) is 32.0 Å². The van der Waals surface area contributed by atoms with E-state index in [-0.39, 0.29) is 44.8 Å². The maximum atomic E-state index is 14.9. The number of esters is 1. The summed E-state index contributed by atoms with van der Waals surface area (Å²) < 4.78 is 17.2. The molecule has 6 N–H and O–H groups in total. The quantitative estimate of drug-likeness (QED) is 0.222. The van der Waals surface area contributed by atoms with Gasteiger partial charge in [-0.05, 0) is 70.1 Å². The molecular formula is C43H57N7O11. The van der Waals surface area contributed by atoms with Gasteiger partial charge in [0.2, 0.25) is 23.6 Å². The molecule has 0 bridgehead atoms. The summed E-state index contributed by atoms with van der Waals surface area (Å²) in [4.78, 5) is 89.5. The Kier molecular flexibility index (Phi) is 13.3. The van der Waals surface area contributed by atoms with Crippen molar-refractivity contribution in [2.24, 2.45) is 5.92 Å². The molecule has 0 spiro atoms. The summed E-state index contributed by atoms with van der Waals surface area (Å²) in [5.41, 5.74) is 1.99. The Balaban J connectivity index is 1.20. The van der Waals surface area contributed by atoms with E-state index in [1.54, 1.807) is 31.2 Å². The molecule has 7 rings (SSSR count). The van der Waals surface area contributed by atoms with Crippen LogP contribution >= 0.6 is 0 Å². The summed E-state index contributed by atoms with van der Waals surface area (Å²) in [6, 6.07) is 4.79. The number of rotatable bonds is 6. The van der Waals surface area contributed by atoms with Gasteiger partial charge in [-0.15, -0.1) is 0 Å². The van der Waals surface area contributed by atoms with Crippen molar-refractivity contribution in [1.29, 1.82) is 0 Å². The minimum atomic E-state index is -1.60. The number of nitrogens with one attached hydrogen (secondary N) is 4. The van der Waals surface area contributed by atoms with Crippen LogP contribution in [0, 0.1) is 12.8 Å². The fourth-order valence-electron chi connectivity index (χ4n) is 9.12. The molecule has 2 aromatic carbocycles. The van der Waals surface area contributed by atoms with Crippen LogP contribution in [0.25, 0.3) is 0 Å². The molecule has 0 saturated carbocycles. The van der Waals surface area contributed by atoms with E-state index in [0.29, 0.717) is 55.2 Å². The number of hydrogen-bond donors (Lipinski definition) is 6. The normalized spacial score (nSPS) is 30.1. The van der Waals surface area contributed by atoms with Gasteiger partial charge >= 0.3 is 12.0 Å². The number of urea groups is 1. The molecule has 5 heterocycles. The molecule has 330 valence electrons. The topological polar surface area (TPSA) is 228 Å². The average molecular weight is 848 g/mol. The number of carbonyl (C=O) groups is 6. The Hall–Kier alpha value is -5.46. The zero-order valence-corrected chi connectivity index (χ0v) is 35.0. The Morgan fingerprint density at radius 1 is 0.869 bits per heavy atom. The van der Waals surface area contributed by atoms with E-state index < -0.39 is 90.3 Å². The average Bonchev–Trinajstić information content (AvgIpc) is 3.83. The molecule has 18 heteroatoms. The second-order valence-corrected chi connectivity index (χ2v) is 17.0. The number of amides is 6. The molecule has 18 nitrogen and oxygen atoms in total. The summed E-state index contributed by atoms with van der Waals surface area (Å²) in [6.07, 6.45) is -1.79. The number of aryl methyl sites for hydroxylation is 1. The first kappa shape index (κ1) is 43.6. The highest BCUT2D eigenvalue weighted by Crippen LogP contribution is 2.33. The zero-order chi connectivity index (χ0) is 43.5. The Morgan fingerprint density at radius 2 is 1.62 bits per heavy atom. The molecule has 0 aliphatic carbocycles. The summed E-state index contributed by atoms with van der Waals surface area (Å²) in [6.45, 7) is 7.83. The number of piperidine rings is 1. The number of ether oxygens (including phenoxy) is 3. The van der Waals surface area contributed by atoms with Gasteiger partial charge in [0.25, 0.3) is 0 Å². The molecule has 6 amide bonds. The van der Waals surface area contributed by atoms with Gasteiger partial charge in [0, 0.05) is 44.2 Å². The predicted octanol–water partition coefficient (Wildman–Crippen LogP) is 0.806. The van der Waals surface area contributed by atoms with Crippen molar-refractivity contribution in [1.82, 2.24) is 30.7 Å². The van der Waals surface area contributed by atoms with Crippen LogP contribution in [0.2, 0.25) is 0 Å². The maximum Gasteiger partial charge on any atom is 0.329 e. The molecule has 1 unspecified atom stereocenters. The fraction of sp³-hybridized carbons (Fsp3) is 0.581. The van der Waals surface area contributed by atoms with E-state index in [4.69, 9.17) is 14.2 Å². The first-order valence-corrected chi connectivity index (χ1v) is 21.2. The lowest BCUT2D eigenvalue weighted by molar-refractivity contribution is -0.163. The van der Waals surface area contributed by atoms with Gasteiger partial charge in [-0.1, -0.05) is 36.8 Å². The van der Waals surface area contributed by atoms with Crippen LogP contribution in [0.5, 0.6) is 11.5 Å². The van der Waals surface area contributed by atoms with Crippen LogP contribution in [-0.2, 0) is 35.1 Å². The van der Waals surface area contributed by atoms with Crippen LogP contribution in [-0.4, -0.2) is 148 Å². The summed E-state index contributed by atoms with van der Waals surface area (Å²) in [5, 5.41) is 33.6. The van der Waals surface area contributed by atoms with Crippen molar-refractivity contribution in [3.05, 3.63) is 53.6 Å². The number of fused-ring (bicyclic) bond motifs is 4. The standard InChI is InChI=1S/C43H57N7O11/c1-23-8-7-9-27(16-23)18-30(46-43(58)45-28-11-12-34-35(19-28)60-15-14-59-34)37(52)47-36-26(4)61-42(57)33-17-24(2)21-49(33)39(54)25(3)44-38(53)31-10-5-6-13-48(31)40(55)32-20-29(51)22-50(32)41(36)56/h7-9,11-12,16,19,24-26,29-33,36,38,44,51,53H,5-6,10,13-15,17-18,20-22H2,1-4H3,(H,47,52)(H2,45,46,58)/t24-,25+,26+,29-,30+,31+,32+,33+,36+,38?/m1/s1. The lowest BCUT2D eigenvalue weighted by Gasteiger charge is -2.42. The van der Waals surface area contributed by atoms with E-state index in [9.17, 15) is 39.0 Å². The lowest BCUT2D eigenvalue weighted by atomic mass is 9.98. The third kappa shape index (κ3) is 9.86. The second kappa shape index (κ2) is 18.7. The molecule has 0 radical (unpaired) electrons. The third-order valence-electron chi connectivity index (χ3n) is 12.2. The Labute approximate surface area is 354 Å². The van der Waals surface area contributed by atoms with Crippen LogP contribution in [0.15, 0.2) is 42.5 Å². The first-order chi connectivity index (χ1) is 29.2. The SMILES string of the molecule is Cc1cccc(C[C@H](NC(=O)Nc2ccc3c(c2)OCCO3)C(=O)N[C@@H]2C(=O)N3C[C@H](O)C[C@H]3C(=O)N3CCCC[C@H]3C(O)N[C@@H](C)C(=O)N3C[C@H](C)C[C@H]3C(=O)O[C@H]2C)c1. The minimum Gasteiger partial charge on any atom is -0.486 e.